The van der Waals surface area contributed by atoms with Crippen molar-refractivity contribution in [3.63, 3.8) is 0 Å². The zero-order chi connectivity index (χ0) is 54.8. The minimum absolute atomic E-state index is 0.0165. The van der Waals surface area contributed by atoms with E-state index in [0.717, 1.165) is 43.1 Å². The molecule has 12 aromatic rings. The van der Waals surface area contributed by atoms with Gasteiger partial charge in [0.1, 0.15) is 50.4 Å². The normalized spacial score (nSPS) is 12.0. The first-order valence-corrected chi connectivity index (χ1v) is 27.6. The molecule has 0 radical (unpaired) electrons. The monoisotopic (exact) mass is 1100 g/mol. The molecule has 0 aliphatic carbocycles. The lowest BCUT2D eigenvalue weighted by Gasteiger charge is -2.22. The topological polar surface area (TPSA) is 228 Å². The van der Waals surface area contributed by atoms with Crippen molar-refractivity contribution in [1.29, 1.82) is 0 Å². The van der Waals surface area contributed by atoms with Gasteiger partial charge >= 0.3 is 12.0 Å². The number of nitrogens with zero attached hydrogens (tertiary/aromatic N) is 4. The molecule has 2 aromatic heterocycles. The first-order chi connectivity index (χ1) is 38.8. The Labute approximate surface area is 459 Å². The summed E-state index contributed by atoms with van der Waals surface area (Å²) in [6.07, 6.45) is 2.71. The van der Waals surface area contributed by atoms with Gasteiger partial charge in [-0.2, -0.15) is 28.4 Å². The van der Waals surface area contributed by atoms with Gasteiger partial charge in [0.25, 0.3) is 10.1 Å². The Bertz CT molecular complexity index is 4300. The van der Waals surface area contributed by atoms with Crippen molar-refractivity contribution in [2.45, 2.75) is 9.79 Å². The highest BCUT2D eigenvalue weighted by Gasteiger charge is 2.22. The van der Waals surface area contributed by atoms with Gasteiger partial charge in [-0.25, -0.2) is 0 Å². The van der Waals surface area contributed by atoms with Gasteiger partial charge in [-0.05, 0) is 127 Å². The van der Waals surface area contributed by atoms with E-state index in [1.54, 1.807) is 24.3 Å². The highest BCUT2D eigenvalue weighted by atomic mass is 32.3. The standard InChI is InChI=1S/C62H44N6O10S2/c69-79(70,71)55-35-49(63-57-37-59(75-51-27-21-39-9-1-5-13-45(39)31-51)67-61(65-57)77-53-29-23-41-11-3-7-15-47(41)33-53)25-19-43(55)17-18-44-20-26-50(36-56(44)80(72,73)74)64-58-38-60(76-52-28-22-40-10-2-6-14-46(40)32-52)68-62(66-58)78-54-30-24-42-12-4-8-16-48(42)34-54/h1-38,69-71H,(H,63,65,67)(H,64,66,68)(H,72,73,74). The number of hydrogen-bond donors (Lipinski definition) is 6. The second-order valence-corrected chi connectivity index (χ2v) is 21.1. The van der Waals surface area contributed by atoms with Crippen LogP contribution in [0.1, 0.15) is 11.1 Å². The molecule has 0 spiro atoms. The zero-order valence-electron chi connectivity index (χ0n) is 41.8. The first kappa shape index (κ1) is 50.9. The summed E-state index contributed by atoms with van der Waals surface area (Å²) < 4.78 is 93.8. The van der Waals surface area contributed by atoms with Gasteiger partial charge in [0, 0.05) is 23.5 Å². The number of anilines is 4. The van der Waals surface area contributed by atoms with Crippen molar-refractivity contribution >= 4 is 99.2 Å². The van der Waals surface area contributed by atoms with Crippen molar-refractivity contribution in [2.75, 3.05) is 10.6 Å². The molecule has 0 saturated carbocycles. The van der Waals surface area contributed by atoms with Crippen LogP contribution in [0.3, 0.4) is 0 Å². The number of ether oxygens (including phenoxy) is 4. The number of fused-ring (bicyclic) bond motifs is 4. The third kappa shape index (κ3) is 11.8. The van der Waals surface area contributed by atoms with E-state index >= 15 is 0 Å². The molecule has 0 fully saturated rings. The smallest absolute Gasteiger partial charge is 0.327 e. The van der Waals surface area contributed by atoms with Crippen LogP contribution in [0.2, 0.25) is 0 Å². The molecule has 2 heterocycles. The lowest BCUT2D eigenvalue weighted by Crippen LogP contribution is -2.04. The molecule has 0 bridgehead atoms. The summed E-state index contributed by atoms with van der Waals surface area (Å²) in [6.45, 7) is 0. The van der Waals surface area contributed by atoms with Crippen molar-refractivity contribution in [1.82, 2.24) is 19.9 Å². The Morgan fingerprint density at radius 2 is 0.688 bits per heavy atom. The molecule has 0 aliphatic heterocycles. The molecule has 80 heavy (non-hydrogen) atoms. The predicted molar refractivity (Wildman–Crippen MR) is 312 cm³/mol. The molecule has 10 aromatic carbocycles. The Morgan fingerprint density at radius 3 is 1.05 bits per heavy atom. The van der Waals surface area contributed by atoms with Crippen molar-refractivity contribution < 1.29 is 45.6 Å². The van der Waals surface area contributed by atoms with Crippen LogP contribution < -0.4 is 29.6 Å². The Balaban J connectivity index is 0.827. The Hall–Kier alpha value is -9.92. The van der Waals surface area contributed by atoms with Gasteiger partial charge in [-0.15, -0.1) is 0 Å². The Morgan fingerprint density at radius 1 is 0.350 bits per heavy atom. The summed E-state index contributed by atoms with van der Waals surface area (Å²) in [5.74, 6) is 2.50. The summed E-state index contributed by atoms with van der Waals surface area (Å²) in [6, 6.07) is 65.1. The van der Waals surface area contributed by atoms with Gasteiger partial charge < -0.3 is 43.2 Å². The highest BCUT2D eigenvalue weighted by Crippen LogP contribution is 2.47. The number of benzene rings is 10. The summed E-state index contributed by atoms with van der Waals surface area (Å²) in [4.78, 5) is 17.4. The van der Waals surface area contributed by atoms with E-state index in [1.807, 2.05) is 158 Å². The van der Waals surface area contributed by atoms with Crippen molar-refractivity contribution in [3.05, 3.63) is 230 Å². The maximum atomic E-state index is 13.0. The first-order valence-electron chi connectivity index (χ1n) is 24.7. The second-order valence-electron chi connectivity index (χ2n) is 18.3. The van der Waals surface area contributed by atoms with Crippen LogP contribution >= 0.6 is 10.9 Å². The minimum Gasteiger partial charge on any atom is -0.439 e. The molecule has 0 aliphatic rings. The Kier molecular flexibility index (Phi) is 13.7. The maximum absolute atomic E-state index is 13.0. The molecule has 394 valence electrons. The molecular weight excluding hydrogens is 1050 g/mol. The van der Waals surface area contributed by atoms with Gasteiger partial charge in [0.05, 0.1) is 4.90 Å². The van der Waals surface area contributed by atoms with Gasteiger partial charge in [0.15, 0.2) is 0 Å². The van der Waals surface area contributed by atoms with E-state index in [2.05, 4.69) is 30.6 Å². The number of nitrogens with one attached hydrogen (secondary N) is 2. The molecule has 12 rings (SSSR count). The average Bonchev–Trinajstić information content (AvgIpc) is 3.45. The largest absolute Gasteiger partial charge is 0.439 e. The van der Waals surface area contributed by atoms with Crippen LogP contribution in [0, 0.1) is 0 Å². The molecule has 0 amide bonds. The highest BCUT2D eigenvalue weighted by molar-refractivity contribution is 8.19. The summed E-state index contributed by atoms with van der Waals surface area (Å²) in [7, 11) is -9.31. The van der Waals surface area contributed by atoms with Crippen molar-refractivity contribution in [2.24, 2.45) is 0 Å². The fourth-order valence-corrected chi connectivity index (χ4v) is 10.4. The summed E-state index contributed by atoms with van der Waals surface area (Å²) in [5, 5.41) is 14.1. The van der Waals surface area contributed by atoms with E-state index in [1.165, 1.54) is 48.6 Å². The van der Waals surface area contributed by atoms with E-state index in [-0.39, 0.29) is 62.8 Å². The molecular formula is C62H44N6O10S2. The van der Waals surface area contributed by atoms with E-state index < -0.39 is 25.9 Å². The lowest BCUT2D eigenvalue weighted by molar-refractivity contribution is 0.375. The number of hydrogen-bond acceptors (Lipinski definition) is 15. The molecule has 6 N–H and O–H groups in total. The van der Waals surface area contributed by atoms with Crippen LogP contribution in [0.15, 0.2) is 228 Å². The van der Waals surface area contributed by atoms with E-state index in [0.29, 0.717) is 23.0 Å². The van der Waals surface area contributed by atoms with Crippen LogP contribution in [-0.2, 0) is 10.1 Å². The molecule has 0 unspecified atom stereocenters. The third-order valence-electron chi connectivity index (χ3n) is 12.7. The fraction of sp³-hybridized carbons (Fsp3) is 0. The quantitative estimate of drug-likeness (QED) is 0.0390. The SMILES string of the molecule is O=S(=O)(O)c1cc(Nc2cc(Oc3ccc4ccccc4c3)nc(Oc3ccc4ccccc4c3)n2)ccc1C=Cc1ccc(Nc2cc(Oc3ccc4ccccc4c3)nc(Oc3ccc4ccccc4c3)n2)cc1S(O)(O)O. The summed E-state index contributed by atoms with van der Waals surface area (Å²) >= 11 is 0. The molecule has 0 atom stereocenters. The predicted octanol–water partition coefficient (Wildman–Crippen LogP) is 16.5. The minimum atomic E-state index is -4.89. The average molecular weight is 1100 g/mol. The van der Waals surface area contributed by atoms with E-state index in [4.69, 9.17) is 18.9 Å². The number of rotatable bonds is 16. The molecule has 16 nitrogen and oxygen atoms in total. The van der Waals surface area contributed by atoms with Gasteiger partial charge in [0.2, 0.25) is 11.8 Å². The van der Waals surface area contributed by atoms with Gasteiger partial charge in [-0.1, -0.05) is 146 Å². The van der Waals surface area contributed by atoms with Crippen LogP contribution in [0.5, 0.6) is 46.8 Å². The van der Waals surface area contributed by atoms with Crippen molar-refractivity contribution in [3.8, 4) is 46.8 Å². The van der Waals surface area contributed by atoms with Crippen LogP contribution in [0.25, 0.3) is 55.2 Å². The molecule has 18 heteroatoms. The lowest BCUT2D eigenvalue weighted by atomic mass is 10.1. The fourth-order valence-electron chi connectivity index (χ4n) is 8.94. The summed E-state index contributed by atoms with van der Waals surface area (Å²) in [5.41, 5.74) is 0.573. The van der Waals surface area contributed by atoms with Crippen LogP contribution in [-0.4, -0.2) is 46.6 Å². The zero-order valence-corrected chi connectivity index (χ0v) is 43.4. The molecule has 0 saturated heterocycles. The second kappa shape index (κ2) is 21.5. The van der Waals surface area contributed by atoms with Gasteiger partial charge in [-0.3, -0.25) is 4.55 Å². The third-order valence-corrected chi connectivity index (χ3v) is 14.6. The van der Waals surface area contributed by atoms with E-state index in [9.17, 15) is 26.6 Å². The number of aromatic nitrogens is 4. The van der Waals surface area contributed by atoms with Crippen LogP contribution in [0.4, 0.5) is 23.0 Å². The maximum Gasteiger partial charge on any atom is 0.327 e.